The summed E-state index contributed by atoms with van der Waals surface area (Å²) in [4.78, 5) is 22.7. The van der Waals surface area contributed by atoms with Gasteiger partial charge in [0, 0.05) is 32.6 Å². The Morgan fingerprint density at radius 2 is 1.92 bits per heavy atom. The van der Waals surface area contributed by atoms with E-state index in [9.17, 15) is 9.59 Å². The third-order valence-electron chi connectivity index (χ3n) is 11.0. The normalized spacial score (nSPS) is 41.8. The first-order valence-electron chi connectivity index (χ1n) is 14.4. The Morgan fingerprint density at radius 1 is 1.14 bits per heavy atom. The van der Waals surface area contributed by atoms with Crippen LogP contribution in [-0.4, -0.2) is 30.8 Å². The summed E-state index contributed by atoms with van der Waals surface area (Å²) >= 11 is 0. The molecule has 0 aromatic heterocycles. The third kappa shape index (κ3) is 4.32. The van der Waals surface area contributed by atoms with E-state index in [2.05, 4.69) is 33.8 Å². The van der Waals surface area contributed by atoms with Gasteiger partial charge in [0.05, 0.1) is 12.4 Å². The van der Waals surface area contributed by atoms with E-state index in [1.807, 2.05) is 0 Å². The Balaban J connectivity index is 1.29. The van der Waals surface area contributed by atoms with Gasteiger partial charge in [0.2, 0.25) is 0 Å². The largest absolute Gasteiger partial charge is 0.494 e. The van der Waals surface area contributed by atoms with Crippen molar-refractivity contribution in [2.24, 2.45) is 40.4 Å². The van der Waals surface area contributed by atoms with Crippen molar-refractivity contribution in [3.63, 3.8) is 0 Å². The Bertz CT molecular complexity index is 964. The van der Waals surface area contributed by atoms with Gasteiger partial charge in [-0.1, -0.05) is 32.4 Å². The van der Waals surface area contributed by atoms with Crippen molar-refractivity contribution in [1.82, 2.24) is 0 Å². The van der Waals surface area contributed by atoms with Gasteiger partial charge in [-0.15, -0.1) is 0 Å². The zero-order chi connectivity index (χ0) is 25.8. The molecule has 0 spiro atoms. The van der Waals surface area contributed by atoms with Crippen LogP contribution in [0.2, 0.25) is 0 Å². The van der Waals surface area contributed by atoms with Gasteiger partial charge < -0.3 is 14.2 Å². The molecule has 5 heteroatoms. The minimum atomic E-state index is -0.200. The monoisotopic (exact) mass is 498 g/mol. The van der Waals surface area contributed by atoms with Crippen LogP contribution in [0.15, 0.2) is 23.0 Å². The number of hydrogen-bond donors (Lipinski definition) is 0. The maximum Gasteiger partial charge on any atom is 0.302 e. The van der Waals surface area contributed by atoms with Crippen LogP contribution in [0.3, 0.4) is 0 Å². The topological polar surface area (TPSA) is 61.8 Å². The molecule has 5 nitrogen and oxygen atoms in total. The van der Waals surface area contributed by atoms with Crippen LogP contribution in [0.25, 0.3) is 0 Å². The third-order valence-corrected chi connectivity index (χ3v) is 11.0. The van der Waals surface area contributed by atoms with Gasteiger partial charge in [-0.2, -0.15) is 0 Å². The molecule has 0 radical (unpaired) electrons. The van der Waals surface area contributed by atoms with Crippen molar-refractivity contribution in [2.75, 3.05) is 6.61 Å². The summed E-state index contributed by atoms with van der Waals surface area (Å²) in [5, 5.41) is 0. The van der Waals surface area contributed by atoms with Gasteiger partial charge in [-0.25, -0.2) is 0 Å². The van der Waals surface area contributed by atoms with E-state index in [1.165, 1.54) is 50.9 Å². The number of fused-ring (bicyclic) bond motifs is 7. The minimum Gasteiger partial charge on any atom is -0.494 e. The van der Waals surface area contributed by atoms with E-state index in [4.69, 9.17) is 14.2 Å². The van der Waals surface area contributed by atoms with E-state index >= 15 is 0 Å². The zero-order valence-electron chi connectivity index (χ0n) is 23.2. The van der Waals surface area contributed by atoms with Crippen LogP contribution in [0.5, 0.6) is 0 Å². The molecule has 0 saturated heterocycles. The van der Waals surface area contributed by atoms with Crippen LogP contribution >= 0.6 is 0 Å². The average molecular weight is 499 g/mol. The van der Waals surface area contributed by atoms with Gasteiger partial charge in [-0.05, 0) is 91.9 Å². The van der Waals surface area contributed by atoms with Crippen LogP contribution in [0, 0.1) is 40.4 Å². The van der Waals surface area contributed by atoms with Crippen molar-refractivity contribution in [1.29, 1.82) is 0 Å². The second-order valence-electron chi connectivity index (χ2n) is 13.2. The molecule has 1 heterocycles. The summed E-state index contributed by atoms with van der Waals surface area (Å²) in [5.41, 5.74) is 3.62. The van der Waals surface area contributed by atoms with Gasteiger partial charge in [-0.3, -0.25) is 9.59 Å². The summed E-state index contributed by atoms with van der Waals surface area (Å²) < 4.78 is 17.5. The van der Waals surface area contributed by atoms with Gasteiger partial charge >= 0.3 is 11.9 Å². The maximum atomic E-state index is 11.5. The smallest absolute Gasteiger partial charge is 0.302 e. The lowest BCUT2D eigenvalue weighted by Gasteiger charge is -2.58. The van der Waals surface area contributed by atoms with E-state index in [0.29, 0.717) is 35.9 Å². The molecule has 200 valence electrons. The molecular weight excluding hydrogens is 452 g/mol. The highest BCUT2D eigenvalue weighted by Gasteiger charge is 2.63. The average Bonchev–Trinajstić information content (AvgIpc) is 3.29. The molecule has 0 N–H and O–H groups in total. The van der Waals surface area contributed by atoms with E-state index in [1.54, 1.807) is 5.57 Å². The summed E-state index contributed by atoms with van der Waals surface area (Å²) in [6, 6.07) is 0. The highest BCUT2D eigenvalue weighted by Crippen LogP contribution is 2.69. The molecule has 5 rings (SSSR count). The fraction of sp³-hybridized carbons (Fsp3) is 0.806. The minimum absolute atomic E-state index is 0.0643. The molecule has 36 heavy (non-hydrogen) atoms. The van der Waals surface area contributed by atoms with Crippen molar-refractivity contribution < 1.29 is 23.8 Å². The highest BCUT2D eigenvalue weighted by atomic mass is 16.5. The number of allylic oxidation sites excluding steroid dienone is 2. The second kappa shape index (κ2) is 9.51. The SMILES string of the molecule is CC(=O)OCC(C)CCC1=C(C)C2C(CC3C4CC=C5CC(OC(C)=O)CCC5(C)C4CCC32C)O1. The number of ether oxygens (including phenoxy) is 3. The van der Waals surface area contributed by atoms with E-state index in [-0.39, 0.29) is 23.5 Å². The highest BCUT2D eigenvalue weighted by molar-refractivity contribution is 5.66. The molecule has 5 aliphatic rings. The first kappa shape index (κ1) is 25.9. The maximum absolute atomic E-state index is 11.5. The van der Waals surface area contributed by atoms with Gasteiger partial charge in [0.25, 0.3) is 0 Å². The lowest BCUT2D eigenvalue weighted by Crippen LogP contribution is -2.50. The van der Waals surface area contributed by atoms with Crippen LogP contribution < -0.4 is 0 Å². The fourth-order valence-electron chi connectivity index (χ4n) is 9.27. The predicted octanol–water partition coefficient (Wildman–Crippen LogP) is 6.76. The first-order chi connectivity index (χ1) is 17.0. The van der Waals surface area contributed by atoms with Crippen LogP contribution in [0.4, 0.5) is 0 Å². The molecule has 0 amide bonds. The number of hydrogen-bond acceptors (Lipinski definition) is 5. The predicted molar refractivity (Wildman–Crippen MR) is 139 cm³/mol. The molecule has 9 unspecified atom stereocenters. The Morgan fingerprint density at radius 3 is 2.64 bits per heavy atom. The first-order valence-corrected chi connectivity index (χ1v) is 14.4. The second-order valence-corrected chi connectivity index (χ2v) is 13.2. The van der Waals surface area contributed by atoms with E-state index < -0.39 is 0 Å². The van der Waals surface area contributed by atoms with Crippen molar-refractivity contribution in [3.8, 4) is 0 Å². The molecule has 3 saturated carbocycles. The summed E-state index contributed by atoms with van der Waals surface area (Å²) in [7, 11) is 0. The molecule has 1 aliphatic heterocycles. The van der Waals surface area contributed by atoms with Gasteiger partial charge in [0.15, 0.2) is 0 Å². The number of carbonyl (C=O) groups is 2. The summed E-state index contributed by atoms with van der Waals surface area (Å²) in [6.07, 6.45) is 12.9. The summed E-state index contributed by atoms with van der Waals surface area (Å²) in [5.74, 6) is 3.93. The Hall–Kier alpha value is -1.78. The molecule has 0 bridgehead atoms. The zero-order valence-corrected chi connectivity index (χ0v) is 23.2. The van der Waals surface area contributed by atoms with Crippen LogP contribution in [0.1, 0.15) is 99.3 Å². The number of rotatable bonds is 6. The molecule has 4 aliphatic carbocycles. The van der Waals surface area contributed by atoms with Crippen molar-refractivity contribution in [3.05, 3.63) is 23.0 Å². The lowest BCUT2D eigenvalue weighted by atomic mass is 9.47. The summed E-state index contributed by atoms with van der Waals surface area (Å²) in [6.45, 7) is 13.1. The quantitative estimate of drug-likeness (QED) is 0.299. The number of carbonyl (C=O) groups excluding carboxylic acids is 2. The lowest BCUT2D eigenvalue weighted by molar-refractivity contribution is -0.148. The van der Waals surface area contributed by atoms with Crippen molar-refractivity contribution in [2.45, 2.75) is 112 Å². The number of esters is 2. The Kier molecular flexibility index (Phi) is 6.83. The Labute approximate surface area is 217 Å². The fourth-order valence-corrected chi connectivity index (χ4v) is 9.27. The van der Waals surface area contributed by atoms with Gasteiger partial charge in [0.1, 0.15) is 12.2 Å². The molecule has 0 aromatic carbocycles. The molecule has 3 fully saturated rings. The molecule has 9 atom stereocenters. The van der Waals surface area contributed by atoms with Crippen molar-refractivity contribution >= 4 is 11.9 Å². The molecule has 0 aromatic rings. The standard InChI is InChI=1S/C31H46O5/c1-18(17-34-20(3)32)7-10-27-19(2)29-28(36-27)16-26-24-9-8-22-15-23(35-21(4)33)11-13-30(22,5)25(24)12-14-31(26,29)6/h8,18,23-26,28-29H,7,9-17H2,1-6H3. The molecular formula is C31H46O5. The van der Waals surface area contributed by atoms with Crippen LogP contribution in [-0.2, 0) is 23.8 Å². The van der Waals surface area contributed by atoms with E-state index in [0.717, 1.165) is 43.9 Å².